The van der Waals surface area contributed by atoms with E-state index in [9.17, 15) is 14.0 Å². The zero-order valence-electron chi connectivity index (χ0n) is 13.3. The van der Waals surface area contributed by atoms with Gasteiger partial charge in [0, 0.05) is 4.47 Å². The molecule has 126 valence electrons. The predicted octanol–water partition coefficient (Wildman–Crippen LogP) is 4.01. The van der Waals surface area contributed by atoms with Crippen molar-refractivity contribution in [1.29, 1.82) is 0 Å². The van der Waals surface area contributed by atoms with Crippen molar-refractivity contribution < 1.29 is 18.7 Å². The largest absolute Gasteiger partial charge is 0.449 e. The second-order valence-electron chi connectivity index (χ2n) is 5.34. The second kappa shape index (κ2) is 8.06. The van der Waals surface area contributed by atoms with Crippen LogP contribution in [0.25, 0.3) is 0 Å². The molecular formula is C18H17BrFNO3. The first-order valence-electron chi connectivity index (χ1n) is 7.39. The second-order valence-corrected chi connectivity index (χ2v) is 6.25. The molecule has 0 radical (unpaired) electrons. The molecule has 0 spiro atoms. The molecule has 2 aromatic rings. The predicted molar refractivity (Wildman–Crippen MR) is 92.0 cm³/mol. The van der Waals surface area contributed by atoms with E-state index >= 15 is 0 Å². The lowest BCUT2D eigenvalue weighted by molar-refractivity contribution is -0.129. The van der Waals surface area contributed by atoms with E-state index in [4.69, 9.17) is 4.74 Å². The summed E-state index contributed by atoms with van der Waals surface area (Å²) in [6, 6.07) is 12.2. The van der Waals surface area contributed by atoms with Crippen molar-refractivity contribution >= 4 is 27.8 Å². The summed E-state index contributed by atoms with van der Waals surface area (Å²) in [5.41, 5.74) is 1.13. The van der Waals surface area contributed by atoms with E-state index in [1.807, 2.05) is 0 Å². The SMILES string of the molecule is CC(OC(=O)c1ccc(Br)cc1)C(=O)NC(C)c1ccc(F)cc1. The number of esters is 1. The molecule has 2 unspecified atom stereocenters. The van der Waals surface area contributed by atoms with Gasteiger partial charge < -0.3 is 10.1 Å². The van der Waals surface area contributed by atoms with Crippen molar-refractivity contribution in [2.24, 2.45) is 0 Å². The van der Waals surface area contributed by atoms with E-state index in [0.717, 1.165) is 10.0 Å². The van der Waals surface area contributed by atoms with Crippen LogP contribution in [0.5, 0.6) is 0 Å². The van der Waals surface area contributed by atoms with Crippen LogP contribution in [0.3, 0.4) is 0 Å². The van der Waals surface area contributed by atoms with Crippen LogP contribution in [-0.4, -0.2) is 18.0 Å². The zero-order valence-corrected chi connectivity index (χ0v) is 14.8. The number of rotatable bonds is 5. The molecule has 2 rings (SSSR count). The average molecular weight is 394 g/mol. The lowest BCUT2D eigenvalue weighted by Gasteiger charge is -2.18. The lowest BCUT2D eigenvalue weighted by atomic mass is 10.1. The Hall–Kier alpha value is -2.21. The molecule has 24 heavy (non-hydrogen) atoms. The molecule has 0 aliphatic carbocycles. The van der Waals surface area contributed by atoms with Gasteiger partial charge >= 0.3 is 5.97 Å². The first-order valence-corrected chi connectivity index (χ1v) is 8.18. The van der Waals surface area contributed by atoms with Crippen molar-refractivity contribution in [3.63, 3.8) is 0 Å². The molecule has 0 aliphatic heterocycles. The first kappa shape index (κ1) is 18.1. The Labute approximate surface area is 148 Å². The Morgan fingerprint density at radius 3 is 2.21 bits per heavy atom. The van der Waals surface area contributed by atoms with Gasteiger partial charge in [-0.1, -0.05) is 28.1 Å². The maximum absolute atomic E-state index is 12.9. The highest BCUT2D eigenvalue weighted by Crippen LogP contribution is 2.14. The van der Waals surface area contributed by atoms with E-state index in [1.165, 1.54) is 19.1 Å². The number of carbonyl (C=O) groups excluding carboxylic acids is 2. The molecule has 0 bridgehead atoms. The summed E-state index contributed by atoms with van der Waals surface area (Å²) in [4.78, 5) is 24.1. The lowest BCUT2D eigenvalue weighted by Crippen LogP contribution is -2.37. The number of amides is 1. The average Bonchev–Trinajstić information content (AvgIpc) is 2.55. The summed E-state index contributed by atoms with van der Waals surface area (Å²) in [6.07, 6.45) is -0.941. The Morgan fingerprint density at radius 2 is 1.62 bits per heavy atom. The van der Waals surface area contributed by atoms with E-state index in [2.05, 4.69) is 21.2 Å². The summed E-state index contributed by atoms with van der Waals surface area (Å²) < 4.78 is 18.9. The van der Waals surface area contributed by atoms with Gasteiger partial charge in [0.1, 0.15) is 5.82 Å². The van der Waals surface area contributed by atoms with Crippen molar-refractivity contribution in [3.05, 3.63) is 69.9 Å². The van der Waals surface area contributed by atoms with Crippen molar-refractivity contribution in [1.82, 2.24) is 5.32 Å². The number of hydrogen-bond acceptors (Lipinski definition) is 3. The van der Waals surface area contributed by atoms with E-state index in [0.29, 0.717) is 5.56 Å². The fourth-order valence-corrected chi connectivity index (χ4v) is 2.30. The minimum Gasteiger partial charge on any atom is -0.449 e. The third kappa shape index (κ3) is 4.89. The molecular weight excluding hydrogens is 377 g/mol. The third-order valence-electron chi connectivity index (χ3n) is 3.46. The van der Waals surface area contributed by atoms with Gasteiger partial charge in [-0.25, -0.2) is 9.18 Å². The van der Waals surface area contributed by atoms with E-state index < -0.39 is 18.0 Å². The highest BCUT2D eigenvalue weighted by Gasteiger charge is 2.20. The third-order valence-corrected chi connectivity index (χ3v) is 3.99. The standard InChI is InChI=1S/C18H17BrFNO3/c1-11(13-5-9-16(20)10-6-13)21-17(22)12(2)24-18(23)14-3-7-15(19)8-4-14/h3-12H,1-2H3,(H,21,22). The van der Waals surface area contributed by atoms with Crippen LogP contribution in [0, 0.1) is 5.82 Å². The van der Waals surface area contributed by atoms with Crippen LogP contribution in [0.15, 0.2) is 53.0 Å². The monoisotopic (exact) mass is 393 g/mol. The summed E-state index contributed by atoms with van der Waals surface area (Å²) in [5.74, 6) is -1.33. The normalized spacial score (nSPS) is 13.0. The highest BCUT2D eigenvalue weighted by molar-refractivity contribution is 9.10. The summed E-state index contributed by atoms with van der Waals surface area (Å²) in [5, 5.41) is 2.74. The first-order chi connectivity index (χ1) is 11.4. The Morgan fingerprint density at radius 1 is 1.04 bits per heavy atom. The molecule has 0 saturated carbocycles. The maximum atomic E-state index is 12.9. The minimum absolute atomic E-state index is 0.327. The number of carbonyl (C=O) groups is 2. The molecule has 1 amide bonds. The fraction of sp³-hybridized carbons (Fsp3) is 0.222. The van der Waals surface area contributed by atoms with Crippen molar-refractivity contribution in [2.75, 3.05) is 0 Å². The number of halogens is 2. The molecule has 1 N–H and O–H groups in total. The van der Waals surface area contributed by atoms with Gasteiger partial charge in [-0.3, -0.25) is 4.79 Å². The van der Waals surface area contributed by atoms with Crippen LogP contribution < -0.4 is 5.32 Å². The van der Waals surface area contributed by atoms with Gasteiger partial charge in [-0.2, -0.15) is 0 Å². The zero-order chi connectivity index (χ0) is 17.7. The topological polar surface area (TPSA) is 55.4 Å². The smallest absolute Gasteiger partial charge is 0.338 e. The summed E-state index contributed by atoms with van der Waals surface area (Å²) in [7, 11) is 0. The fourth-order valence-electron chi connectivity index (χ4n) is 2.03. The van der Waals surface area contributed by atoms with Crippen molar-refractivity contribution in [3.8, 4) is 0 Å². The van der Waals surface area contributed by atoms with E-state index in [-0.39, 0.29) is 11.9 Å². The number of benzene rings is 2. The van der Waals surface area contributed by atoms with Gasteiger partial charge in [0.15, 0.2) is 6.10 Å². The molecule has 2 aromatic carbocycles. The van der Waals surface area contributed by atoms with Crippen LogP contribution >= 0.6 is 15.9 Å². The van der Waals surface area contributed by atoms with Gasteiger partial charge in [0.2, 0.25) is 0 Å². The van der Waals surface area contributed by atoms with Crippen LogP contribution in [0.4, 0.5) is 4.39 Å². The Bertz CT molecular complexity index is 716. The van der Waals surface area contributed by atoms with Crippen LogP contribution in [0.1, 0.15) is 35.8 Å². The maximum Gasteiger partial charge on any atom is 0.338 e. The molecule has 0 fully saturated rings. The molecule has 2 atom stereocenters. The van der Waals surface area contributed by atoms with Gasteiger partial charge in [0.05, 0.1) is 11.6 Å². The molecule has 4 nitrogen and oxygen atoms in total. The molecule has 0 aliphatic rings. The van der Waals surface area contributed by atoms with Gasteiger partial charge in [-0.05, 0) is 55.8 Å². The molecule has 0 saturated heterocycles. The van der Waals surface area contributed by atoms with Gasteiger partial charge in [0.25, 0.3) is 5.91 Å². The highest BCUT2D eigenvalue weighted by atomic mass is 79.9. The summed E-state index contributed by atoms with van der Waals surface area (Å²) >= 11 is 3.28. The van der Waals surface area contributed by atoms with Crippen molar-refractivity contribution in [2.45, 2.75) is 26.0 Å². The number of hydrogen-bond donors (Lipinski definition) is 1. The summed E-state index contributed by atoms with van der Waals surface area (Å²) in [6.45, 7) is 3.28. The molecule has 0 heterocycles. The molecule has 6 heteroatoms. The van der Waals surface area contributed by atoms with Crippen LogP contribution in [0.2, 0.25) is 0 Å². The minimum atomic E-state index is -0.941. The van der Waals surface area contributed by atoms with E-state index in [1.54, 1.807) is 43.3 Å². The Kier molecular flexibility index (Phi) is 6.09. The Balaban J connectivity index is 1.92. The van der Waals surface area contributed by atoms with Gasteiger partial charge in [-0.15, -0.1) is 0 Å². The number of nitrogens with one attached hydrogen (secondary N) is 1. The number of ether oxygens (including phenoxy) is 1. The molecule has 0 aromatic heterocycles. The van der Waals surface area contributed by atoms with Crippen LogP contribution in [-0.2, 0) is 9.53 Å². The quantitative estimate of drug-likeness (QED) is 0.780.